The lowest BCUT2D eigenvalue weighted by molar-refractivity contribution is 0.0635. The van der Waals surface area contributed by atoms with E-state index in [0.717, 1.165) is 0 Å². The second-order valence-electron chi connectivity index (χ2n) is 7.89. The van der Waals surface area contributed by atoms with E-state index in [2.05, 4.69) is 10.6 Å². The average Bonchev–Trinajstić information content (AvgIpc) is 3.17. The summed E-state index contributed by atoms with van der Waals surface area (Å²) < 4.78 is 21.2. The molecule has 1 aliphatic rings. The van der Waals surface area contributed by atoms with E-state index in [4.69, 9.17) is 18.9 Å². The maximum Gasteiger partial charge on any atom is 0.412 e. The Bertz CT molecular complexity index is 922. The fourth-order valence-electron chi connectivity index (χ4n) is 2.66. The van der Waals surface area contributed by atoms with Gasteiger partial charge in [0.05, 0.1) is 0 Å². The number of carbonyl (C=O) groups excluding carboxylic acids is 2. The molecule has 0 radical (unpaired) electrons. The van der Waals surface area contributed by atoms with Gasteiger partial charge in [0, 0.05) is 23.9 Å². The first-order chi connectivity index (χ1) is 14.7. The van der Waals surface area contributed by atoms with Crippen LogP contribution in [0.1, 0.15) is 31.1 Å². The Morgan fingerprint density at radius 2 is 1.81 bits per heavy atom. The normalized spacial score (nSPS) is 13.3. The summed E-state index contributed by atoms with van der Waals surface area (Å²) in [5, 5.41) is 15.3. The molecular weight excluding hydrogens is 404 g/mol. The maximum absolute atomic E-state index is 12.3. The second kappa shape index (κ2) is 9.57. The quantitative estimate of drug-likeness (QED) is 0.619. The standard InChI is InChI=1S/C22H26N2O7/c1-22(2,3)31-21(27)24-15-6-4-14(5-7-15)20(26)23-11-16(25)12-28-17-8-9-18-19(10-17)30-13-29-18/h4-10,16,25H,11-13H2,1-3H3,(H,23,26)(H,24,27). The lowest BCUT2D eigenvalue weighted by Gasteiger charge is -2.19. The molecule has 1 heterocycles. The molecule has 166 valence electrons. The van der Waals surface area contributed by atoms with Crippen LogP contribution in [0.2, 0.25) is 0 Å². The molecule has 0 bridgehead atoms. The fourth-order valence-corrected chi connectivity index (χ4v) is 2.66. The molecule has 0 saturated carbocycles. The van der Waals surface area contributed by atoms with Gasteiger partial charge in [-0.1, -0.05) is 0 Å². The molecule has 1 aliphatic heterocycles. The van der Waals surface area contributed by atoms with E-state index in [1.54, 1.807) is 63.2 Å². The largest absolute Gasteiger partial charge is 0.491 e. The highest BCUT2D eigenvalue weighted by Crippen LogP contribution is 2.35. The molecule has 31 heavy (non-hydrogen) atoms. The molecule has 1 unspecified atom stereocenters. The van der Waals surface area contributed by atoms with Crippen molar-refractivity contribution in [3.05, 3.63) is 48.0 Å². The monoisotopic (exact) mass is 430 g/mol. The van der Waals surface area contributed by atoms with Crippen molar-refractivity contribution in [1.82, 2.24) is 5.32 Å². The molecule has 2 aromatic carbocycles. The van der Waals surface area contributed by atoms with E-state index in [0.29, 0.717) is 28.5 Å². The van der Waals surface area contributed by atoms with Gasteiger partial charge in [-0.15, -0.1) is 0 Å². The van der Waals surface area contributed by atoms with Crippen molar-refractivity contribution in [1.29, 1.82) is 0 Å². The summed E-state index contributed by atoms with van der Waals surface area (Å²) in [5.74, 6) is 1.41. The SMILES string of the molecule is CC(C)(C)OC(=O)Nc1ccc(C(=O)NCC(O)COc2ccc3c(c2)OCO3)cc1. The molecular formula is C22H26N2O7. The number of fused-ring (bicyclic) bond motifs is 1. The third-order valence-electron chi connectivity index (χ3n) is 4.08. The minimum atomic E-state index is -0.900. The molecule has 0 fully saturated rings. The molecule has 2 amide bonds. The zero-order valence-corrected chi connectivity index (χ0v) is 17.6. The zero-order valence-electron chi connectivity index (χ0n) is 17.6. The number of rotatable bonds is 7. The molecule has 9 heteroatoms. The third-order valence-corrected chi connectivity index (χ3v) is 4.08. The summed E-state index contributed by atoms with van der Waals surface area (Å²) >= 11 is 0. The summed E-state index contributed by atoms with van der Waals surface area (Å²) in [5.41, 5.74) is 0.290. The van der Waals surface area contributed by atoms with E-state index in [1.165, 1.54) is 0 Å². The number of aliphatic hydroxyl groups excluding tert-OH is 1. The minimum absolute atomic E-state index is 0.00132. The topological polar surface area (TPSA) is 115 Å². The first-order valence-electron chi connectivity index (χ1n) is 9.78. The number of ether oxygens (including phenoxy) is 4. The van der Waals surface area contributed by atoms with Crippen LogP contribution < -0.4 is 24.8 Å². The minimum Gasteiger partial charge on any atom is -0.491 e. The zero-order chi connectivity index (χ0) is 22.4. The fraction of sp³-hybridized carbons (Fsp3) is 0.364. The average molecular weight is 430 g/mol. The Morgan fingerprint density at radius 1 is 1.10 bits per heavy atom. The first-order valence-corrected chi connectivity index (χ1v) is 9.78. The number of benzene rings is 2. The summed E-state index contributed by atoms with van der Waals surface area (Å²) in [7, 11) is 0. The van der Waals surface area contributed by atoms with Crippen molar-refractivity contribution < 1.29 is 33.6 Å². The predicted octanol–water partition coefficient (Wildman–Crippen LogP) is 2.93. The highest BCUT2D eigenvalue weighted by atomic mass is 16.7. The second-order valence-corrected chi connectivity index (χ2v) is 7.89. The van der Waals surface area contributed by atoms with Crippen LogP contribution in [-0.2, 0) is 4.74 Å². The van der Waals surface area contributed by atoms with Crippen molar-refractivity contribution in [3.8, 4) is 17.2 Å². The summed E-state index contributed by atoms with van der Waals surface area (Å²) in [6.45, 7) is 5.50. The Balaban J connectivity index is 1.42. The predicted molar refractivity (Wildman–Crippen MR) is 113 cm³/mol. The van der Waals surface area contributed by atoms with Gasteiger partial charge in [-0.3, -0.25) is 10.1 Å². The molecule has 9 nitrogen and oxygen atoms in total. The third kappa shape index (κ3) is 6.78. The van der Waals surface area contributed by atoms with Crippen molar-refractivity contribution in [2.24, 2.45) is 0 Å². The van der Waals surface area contributed by atoms with Gasteiger partial charge < -0.3 is 29.4 Å². The first kappa shape index (κ1) is 22.2. The molecule has 0 saturated heterocycles. The van der Waals surface area contributed by atoms with Crippen LogP contribution in [-0.4, -0.2) is 48.8 Å². The number of carbonyl (C=O) groups is 2. The lowest BCUT2D eigenvalue weighted by Crippen LogP contribution is -2.35. The van der Waals surface area contributed by atoms with Crippen molar-refractivity contribution in [3.63, 3.8) is 0 Å². The molecule has 3 rings (SSSR count). The van der Waals surface area contributed by atoms with Gasteiger partial charge in [0.1, 0.15) is 24.1 Å². The van der Waals surface area contributed by atoms with Crippen molar-refractivity contribution in [2.75, 3.05) is 25.3 Å². The van der Waals surface area contributed by atoms with Crippen LogP contribution in [0.15, 0.2) is 42.5 Å². The number of hydrogen-bond donors (Lipinski definition) is 3. The van der Waals surface area contributed by atoms with Crippen LogP contribution in [0, 0.1) is 0 Å². The van der Waals surface area contributed by atoms with Crippen LogP contribution in [0.3, 0.4) is 0 Å². The molecule has 0 aliphatic carbocycles. The van der Waals surface area contributed by atoms with Gasteiger partial charge in [-0.2, -0.15) is 0 Å². The van der Waals surface area contributed by atoms with E-state index >= 15 is 0 Å². The Hall–Kier alpha value is -3.46. The van der Waals surface area contributed by atoms with Gasteiger partial charge in [-0.05, 0) is 57.2 Å². The van der Waals surface area contributed by atoms with Gasteiger partial charge >= 0.3 is 6.09 Å². The van der Waals surface area contributed by atoms with E-state index in [9.17, 15) is 14.7 Å². The number of hydrogen-bond acceptors (Lipinski definition) is 7. The molecule has 1 atom stereocenters. The summed E-state index contributed by atoms with van der Waals surface area (Å²) in [4.78, 5) is 24.0. The molecule has 0 aromatic heterocycles. The number of anilines is 1. The van der Waals surface area contributed by atoms with Crippen LogP contribution in [0.25, 0.3) is 0 Å². The van der Waals surface area contributed by atoms with E-state index in [1.807, 2.05) is 0 Å². The molecule has 2 aromatic rings. The highest BCUT2D eigenvalue weighted by Gasteiger charge is 2.17. The molecule has 0 spiro atoms. The Kier molecular flexibility index (Phi) is 6.86. The van der Waals surface area contributed by atoms with Crippen LogP contribution in [0.5, 0.6) is 17.2 Å². The summed E-state index contributed by atoms with van der Waals surface area (Å²) in [6.07, 6.45) is -1.47. The van der Waals surface area contributed by atoms with Gasteiger partial charge in [-0.25, -0.2) is 4.79 Å². The molecule has 3 N–H and O–H groups in total. The van der Waals surface area contributed by atoms with Gasteiger partial charge in [0.2, 0.25) is 6.79 Å². The van der Waals surface area contributed by atoms with Crippen molar-refractivity contribution >= 4 is 17.7 Å². The Labute approximate surface area is 180 Å². The van der Waals surface area contributed by atoms with Gasteiger partial charge in [0.15, 0.2) is 11.5 Å². The number of nitrogens with one attached hydrogen (secondary N) is 2. The van der Waals surface area contributed by atoms with Gasteiger partial charge in [0.25, 0.3) is 5.91 Å². The highest BCUT2D eigenvalue weighted by molar-refractivity contribution is 5.95. The smallest absolute Gasteiger partial charge is 0.412 e. The van der Waals surface area contributed by atoms with Crippen molar-refractivity contribution in [2.45, 2.75) is 32.5 Å². The lowest BCUT2D eigenvalue weighted by atomic mass is 10.2. The Morgan fingerprint density at radius 3 is 2.52 bits per heavy atom. The van der Waals surface area contributed by atoms with Crippen LogP contribution in [0.4, 0.5) is 10.5 Å². The van der Waals surface area contributed by atoms with E-state index < -0.39 is 17.8 Å². The number of amides is 2. The maximum atomic E-state index is 12.3. The van der Waals surface area contributed by atoms with Crippen LogP contribution >= 0.6 is 0 Å². The summed E-state index contributed by atoms with van der Waals surface area (Å²) in [6, 6.07) is 11.4. The number of aliphatic hydroxyl groups is 1. The van der Waals surface area contributed by atoms with E-state index in [-0.39, 0.29) is 25.9 Å².